The van der Waals surface area contributed by atoms with E-state index in [1.807, 2.05) is 13.1 Å². The summed E-state index contributed by atoms with van der Waals surface area (Å²) < 4.78 is 0. The fourth-order valence-corrected chi connectivity index (χ4v) is 1.08. The van der Waals surface area contributed by atoms with E-state index in [9.17, 15) is 0 Å². The molecule has 0 saturated carbocycles. The highest BCUT2D eigenvalue weighted by Gasteiger charge is 2.26. The van der Waals surface area contributed by atoms with Crippen LogP contribution in [0.15, 0.2) is 10.1 Å². The molecule has 0 aromatic rings. The molecule has 1 aliphatic heterocycles. The van der Waals surface area contributed by atoms with Crippen molar-refractivity contribution < 1.29 is 0 Å². The maximum Gasteiger partial charge on any atom is 0.212 e. The normalized spacial score (nSPS) is 20.2. The van der Waals surface area contributed by atoms with E-state index in [4.69, 9.17) is 5.73 Å². The smallest absolute Gasteiger partial charge is 0.212 e. The van der Waals surface area contributed by atoms with Gasteiger partial charge in [0.05, 0.1) is 6.54 Å². The summed E-state index contributed by atoms with van der Waals surface area (Å²) in [5.74, 6) is 0.513. The number of hydrogen-bond donors (Lipinski definition) is 1. The lowest BCUT2D eigenvalue weighted by molar-refractivity contribution is 0.382. The number of nitrogens with two attached hydrogens (primary N) is 1. The summed E-state index contributed by atoms with van der Waals surface area (Å²) in [6, 6.07) is 0. The van der Waals surface area contributed by atoms with Crippen molar-refractivity contribution in [1.82, 2.24) is 5.01 Å². The van der Waals surface area contributed by atoms with Gasteiger partial charge in [-0.3, -0.25) is 4.99 Å². The van der Waals surface area contributed by atoms with Crippen molar-refractivity contribution in [1.29, 1.82) is 0 Å². The molecule has 0 atom stereocenters. The molecule has 0 spiro atoms. The third-order valence-corrected chi connectivity index (χ3v) is 1.69. The van der Waals surface area contributed by atoms with E-state index >= 15 is 0 Å². The van der Waals surface area contributed by atoms with E-state index in [2.05, 4.69) is 23.9 Å². The minimum Gasteiger partial charge on any atom is -0.368 e. The fraction of sp³-hybridized carbons (Fsp3) is 0.750. The quantitative estimate of drug-likeness (QED) is 0.513. The Hall–Kier alpha value is -0.770. The molecule has 0 aromatic heterocycles. The van der Waals surface area contributed by atoms with Crippen molar-refractivity contribution in [3.8, 4) is 0 Å². The van der Waals surface area contributed by atoms with Crippen LogP contribution in [-0.4, -0.2) is 30.3 Å². The van der Waals surface area contributed by atoms with Gasteiger partial charge in [-0.1, -0.05) is 13.8 Å². The minimum atomic E-state index is 0. The Morgan fingerprint density at radius 2 is 2.31 bits per heavy atom. The summed E-state index contributed by atoms with van der Waals surface area (Å²) in [7, 11) is 0. The largest absolute Gasteiger partial charge is 0.368 e. The third kappa shape index (κ3) is 3.22. The maximum atomic E-state index is 5.67. The molecule has 0 bridgehead atoms. The van der Waals surface area contributed by atoms with Crippen LogP contribution in [-0.2, 0) is 0 Å². The average Bonchev–Trinajstić information content (AvgIpc) is 2.31. The molecule has 76 valence electrons. The van der Waals surface area contributed by atoms with Gasteiger partial charge in [-0.2, -0.15) is 5.10 Å². The van der Waals surface area contributed by atoms with E-state index in [1.54, 1.807) is 5.01 Å². The standard InChI is InChI=1S/C8H16N4.ClH/c1-4-10-7(9)12-6-8(2,3)5-11-12;/h5H,4,6H2,1-3H3,(H2,9,10);1H. The molecule has 0 saturated heterocycles. The number of guanidine groups is 1. The van der Waals surface area contributed by atoms with E-state index in [0.29, 0.717) is 12.5 Å². The molecule has 0 aromatic carbocycles. The molecular formula is C8H17ClN4. The molecule has 4 nitrogen and oxygen atoms in total. The van der Waals surface area contributed by atoms with Crippen molar-refractivity contribution in [2.45, 2.75) is 20.8 Å². The van der Waals surface area contributed by atoms with Gasteiger partial charge in [0.1, 0.15) is 0 Å². The molecule has 13 heavy (non-hydrogen) atoms. The predicted molar refractivity (Wildman–Crippen MR) is 58.4 cm³/mol. The second-order valence-electron chi connectivity index (χ2n) is 3.62. The number of rotatable bonds is 1. The zero-order valence-corrected chi connectivity index (χ0v) is 9.14. The van der Waals surface area contributed by atoms with E-state index in [1.165, 1.54) is 0 Å². The van der Waals surface area contributed by atoms with Crippen LogP contribution in [0.4, 0.5) is 0 Å². The fourth-order valence-electron chi connectivity index (χ4n) is 1.08. The van der Waals surface area contributed by atoms with Crippen LogP contribution in [0.1, 0.15) is 20.8 Å². The van der Waals surface area contributed by atoms with Gasteiger partial charge in [0.25, 0.3) is 0 Å². The zero-order chi connectivity index (χ0) is 9.19. The second-order valence-corrected chi connectivity index (χ2v) is 3.62. The Bertz CT molecular complexity index is 222. The van der Waals surface area contributed by atoms with E-state index in [-0.39, 0.29) is 17.8 Å². The Kier molecular flexibility index (Phi) is 4.20. The van der Waals surface area contributed by atoms with Gasteiger partial charge in [-0.25, -0.2) is 5.01 Å². The molecule has 0 aliphatic carbocycles. The van der Waals surface area contributed by atoms with Gasteiger partial charge in [0.2, 0.25) is 5.96 Å². The van der Waals surface area contributed by atoms with Gasteiger partial charge in [-0.05, 0) is 6.92 Å². The number of halogens is 1. The van der Waals surface area contributed by atoms with Crippen molar-refractivity contribution in [2.75, 3.05) is 13.1 Å². The predicted octanol–water partition coefficient (Wildman–Crippen LogP) is 1.07. The number of nitrogens with zero attached hydrogens (tertiary/aromatic N) is 3. The van der Waals surface area contributed by atoms with Crippen LogP contribution in [0.25, 0.3) is 0 Å². The second kappa shape index (κ2) is 4.46. The lowest BCUT2D eigenvalue weighted by Crippen LogP contribution is -2.35. The summed E-state index contributed by atoms with van der Waals surface area (Å²) in [4.78, 5) is 4.08. The SMILES string of the molecule is CCN=C(N)N1CC(C)(C)C=N1.Cl. The summed E-state index contributed by atoms with van der Waals surface area (Å²) in [6.07, 6.45) is 1.91. The number of hydrogen-bond acceptors (Lipinski definition) is 2. The van der Waals surface area contributed by atoms with Gasteiger partial charge >= 0.3 is 0 Å². The van der Waals surface area contributed by atoms with Crippen LogP contribution < -0.4 is 5.73 Å². The Labute approximate surface area is 85.3 Å². The summed E-state index contributed by atoms with van der Waals surface area (Å²) >= 11 is 0. The molecular weight excluding hydrogens is 188 g/mol. The van der Waals surface area contributed by atoms with Crippen LogP contribution in [0.3, 0.4) is 0 Å². The first-order valence-corrected chi connectivity index (χ1v) is 4.18. The van der Waals surface area contributed by atoms with Crippen molar-refractivity contribution in [3.05, 3.63) is 0 Å². The van der Waals surface area contributed by atoms with Gasteiger partial charge in [0, 0.05) is 18.2 Å². The highest BCUT2D eigenvalue weighted by molar-refractivity contribution is 5.85. The molecule has 0 amide bonds. The lowest BCUT2D eigenvalue weighted by Gasteiger charge is -2.17. The summed E-state index contributed by atoms with van der Waals surface area (Å²) in [5, 5.41) is 5.90. The van der Waals surface area contributed by atoms with E-state index < -0.39 is 0 Å². The molecule has 2 N–H and O–H groups in total. The lowest BCUT2D eigenvalue weighted by atomic mass is 9.97. The van der Waals surface area contributed by atoms with Crippen LogP contribution in [0.2, 0.25) is 0 Å². The zero-order valence-electron chi connectivity index (χ0n) is 8.32. The van der Waals surface area contributed by atoms with Gasteiger partial charge in [0.15, 0.2) is 0 Å². The first-order chi connectivity index (χ1) is 5.55. The molecule has 1 heterocycles. The van der Waals surface area contributed by atoms with Crippen LogP contribution >= 0.6 is 12.4 Å². The molecule has 0 unspecified atom stereocenters. The highest BCUT2D eigenvalue weighted by Crippen LogP contribution is 2.19. The van der Waals surface area contributed by atoms with E-state index in [0.717, 1.165) is 6.54 Å². The molecule has 0 fully saturated rings. The minimum absolute atomic E-state index is 0. The highest BCUT2D eigenvalue weighted by atomic mass is 35.5. The van der Waals surface area contributed by atoms with Crippen molar-refractivity contribution in [3.63, 3.8) is 0 Å². The Morgan fingerprint density at radius 3 is 2.69 bits per heavy atom. The van der Waals surface area contributed by atoms with Crippen LogP contribution in [0, 0.1) is 5.41 Å². The van der Waals surface area contributed by atoms with Crippen LogP contribution in [0.5, 0.6) is 0 Å². The Balaban J connectivity index is 0.00000144. The molecule has 1 rings (SSSR count). The summed E-state index contributed by atoms with van der Waals surface area (Å²) in [5.41, 5.74) is 5.79. The Morgan fingerprint density at radius 1 is 1.69 bits per heavy atom. The van der Waals surface area contributed by atoms with Crippen molar-refractivity contribution >= 4 is 24.6 Å². The number of hydrazone groups is 1. The van der Waals surface area contributed by atoms with Gasteiger partial charge in [-0.15, -0.1) is 12.4 Å². The summed E-state index contributed by atoms with van der Waals surface area (Å²) in [6.45, 7) is 7.73. The third-order valence-electron chi connectivity index (χ3n) is 1.69. The first-order valence-electron chi connectivity index (χ1n) is 4.18. The number of aliphatic imine (C=N–C) groups is 1. The first kappa shape index (κ1) is 12.2. The average molecular weight is 205 g/mol. The van der Waals surface area contributed by atoms with Crippen molar-refractivity contribution in [2.24, 2.45) is 21.2 Å². The maximum absolute atomic E-state index is 5.67. The molecule has 0 radical (unpaired) electrons. The molecule has 1 aliphatic rings. The topological polar surface area (TPSA) is 54.0 Å². The van der Waals surface area contributed by atoms with Gasteiger partial charge < -0.3 is 5.73 Å². The monoisotopic (exact) mass is 204 g/mol. The molecule has 5 heteroatoms.